The fourth-order valence-electron chi connectivity index (χ4n) is 2.89. The van der Waals surface area contributed by atoms with E-state index in [1.54, 1.807) is 24.4 Å². The van der Waals surface area contributed by atoms with E-state index in [0.29, 0.717) is 11.4 Å². The number of hydrogen-bond acceptors (Lipinski definition) is 3. The zero-order chi connectivity index (χ0) is 17.7. The van der Waals surface area contributed by atoms with E-state index in [2.05, 4.69) is 10.3 Å². The summed E-state index contributed by atoms with van der Waals surface area (Å²) in [6.07, 6.45) is 5.87. The van der Waals surface area contributed by atoms with Crippen molar-refractivity contribution in [3.8, 4) is 5.88 Å². The molecule has 1 heterocycles. The van der Waals surface area contributed by atoms with E-state index in [1.165, 1.54) is 24.3 Å². The molecule has 0 atom stereocenters. The van der Waals surface area contributed by atoms with Crippen molar-refractivity contribution in [2.24, 2.45) is 0 Å². The Hall–Kier alpha value is -2.50. The molecule has 0 unspecified atom stereocenters. The van der Waals surface area contributed by atoms with Crippen LogP contribution in [0.15, 0.2) is 48.7 Å². The molecule has 0 saturated heterocycles. The maximum absolute atomic E-state index is 14.2. The molecule has 1 amide bonds. The minimum atomic E-state index is -3.59. The van der Waals surface area contributed by atoms with Crippen molar-refractivity contribution in [2.75, 3.05) is 0 Å². The van der Waals surface area contributed by atoms with Gasteiger partial charge in [0.15, 0.2) is 0 Å². The maximum atomic E-state index is 14.2. The predicted octanol–water partition coefficient (Wildman–Crippen LogP) is 3.81. The van der Waals surface area contributed by atoms with Crippen molar-refractivity contribution in [1.29, 1.82) is 0 Å². The van der Waals surface area contributed by atoms with Gasteiger partial charge in [0, 0.05) is 23.9 Å². The van der Waals surface area contributed by atoms with E-state index >= 15 is 0 Å². The Morgan fingerprint density at radius 2 is 1.88 bits per heavy atom. The number of nitrogens with one attached hydrogen (secondary N) is 1. The largest absolute Gasteiger partial charge is 0.474 e. The van der Waals surface area contributed by atoms with Gasteiger partial charge in [-0.3, -0.25) is 4.79 Å². The number of benzene rings is 1. The minimum Gasteiger partial charge on any atom is -0.474 e. The Labute approximate surface area is 145 Å². The van der Waals surface area contributed by atoms with Crippen LogP contribution in [0.4, 0.5) is 8.78 Å². The molecular weight excluding hydrogens is 326 g/mol. The molecule has 25 heavy (non-hydrogen) atoms. The lowest BCUT2D eigenvalue weighted by Crippen LogP contribution is -2.37. The summed E-state index contributed by atoms with van der Waals surface area (Å²) in [5, 5.41) is 2.29. The standard InChI is InChI=1S/C19H20F2N2O2/c20-19(21,15-8-2-1-3-9-15)18(24)23-13-14-7-6-12-22-17(14)25-16-10-4-5-11-16/h1-3,6-9,12,16H,4-5,10-11,13H2,(H,23,24). The van der Waals surface area contributed by atoms with Gasteiger partial charge < -0.3 is 10.1 Å². The average Bonchev–Trinajstić information content (AvgIpc) is 3.14. The predicted molar refractivity (Wildman–Crippen MR) is 89.3 cm³/mol. The van der Waals surface area contributed by atoms with E-state index < -0.39 is 11.8 Å². The van der Waals surface area contributed by atoms with Crippen molar-refractivity contribution in [2.45, 2.75) is 44.3 Å². The number of hydrogen-bond donors (Lipinski definition) is 1. The van der Waals surface area contributed by atoms with Gasteiger partial charge >= 0.3 is 5.92 Å². The normalized spacial score (nSPS) is 15.1. The molecule has 1 saturated carbocycles. The van der Waals surface area contributed by atoms with Crippen molar-refractivity contribution in [3.05, 3.63) is 59.8 Å². The summed E-state index contributed by atoms with van der Waals surface area (Å²) < 4.78 is 34.3. The second-order valence-corrected chi connectivity index (χ2v) is 6.12. The van der Waals surface area contributed by atoms with Crippen molar-refractivity contribution in [1.82, 2.24) is 10.3 Å². The van der Waals surface area contributed by atoms with E-state index in [1.807, 2.05) is 0 Å². The molecule has 0 spiro atoms. The first-order chi connectivity index (χ1) is 12.1. The van der Waals surface area contributed by atoms with Crippen molar-refractivity contribution < 1.29 is 18.3 Å². The number of nitrogens with zero attached hydrogens (tertiary/aromatic N) is 1. The zero-order valence-corrected chi connectivity index (χ0v) is 13.8. The maximum Gasteiger partial charge on any atom is 0.349 e. The Morgan fingerprint density at radius 3 is 2.60 bits per heavy atom. The molecule has 0 radical (unpaired) electrons. The molecular formula is C19H20F2N2O2. The molecule has 6 heteroatoms. The zero-order valence-electron chi connectivity index (χ0n) is 13.8. The average molecular weight is 346 g/mol. The summed E-state index contributed by atoms with van der Waals surface area (Å²) in [6.45, 7) is -0.0584. The molecule has 4 nitrogen and oxygen atoms in total. The molecule has 1 aliphatic rings. The third-order valence-corrected chi connectivity index (χ3v) is 4.29. The Balaban J connectivity index is 1.66. The highest BCUT2D eigenvalue weighted by atomic mass is 19.3. The van der Waals surface area contributed by atoms with Crippen LogP contribution in [0.3, 0.4) is 0 Å². The van der Waals surface area contributed by atoms with Crippen LogP contribution in [0.1, 0.15) is 36.8 Å². The lowest BCUT2D eigenvalue weighted by atomic mass is 10.1. The number of alkyl halides is 2. The monoisotopic (exact) mass is 346 g/mol. The molecule has 1 aliphatic carbocycles. The summed E-state index contributed by atoms with van der Waals surface area (Å²) in [7, 11) is 0. The third-order valence-electron chi connectivity index (χ3n) is 4.29. The summed E-state index contributed by atoms with van der Waals surface area (Å²) in [5.41, 5.74) is 0.257. The van der Waals surface area contributed by atoms with E-state index in [-0.39, 0.29) is 18.2 Å². The van der Waals surface area contributed by atoms with Crippen LogP contribution < -0.4 is 10.1 Å². The first kappa shape index (κ1) is 17.3. The SMILES string of the molecule is O=C(NCc1cccnc1OC1CCCC1)C(F)(F)c1ccccc1. The van der Waals surface area contributed by atoms with Gasteiger partial charge in [-0.1, -0.05) is 36.4 Å². The van der Waals surface area contributed by atoms with Gasteiger partial charge in [-0.2, -0.15) is 8.78 Å². The fraction of sp³-hybridized carbons (Fsp3) is 0.368. The van der Waals surface area contributed by atoms with Gasteiger partial charge in [0.2, 0.25) is 5.88 Å². The molecule has 132 valence electrons. The van der Waals surface area contributed by atoms with Crippen molar-refractivity contribution in [3.63, 3.8) is 0 Å². The Morgan fingerprint density at radius 1 is 1.16 bits per heavy atom. The van der Waals surface area contributed by atoms with E-state index in [9.17, 15) is 13.6 Å². The summed E-state index contributed by atoms with van der Waals surface area (Å²) >= 11 is 0. The third kappa shape index (κ3) is 4.13. The van der Waals surface area contributed by atoms with Crippen molar-refractivity contribution >= 4 is 5.91 Å². The summed E-state index contributed by atoms with van der Waals surface area (Å²) in [5.74, 6) is -4.53. The molecule has 0 aliphatic heterocycles. The number of rotatable bonds is 6. The molecule has 2 aromatic rings. The number of carbonyl (C=O) groups is 1. The minimum absolute atomic E-state index is 0.0584. The second kappa shape index (κ2) is 7.59. The molecule has 1 fully saturated rings. The first-order valence-corrected chi connectivity index (χ1v) is 8.39. The number of halogens is 2. The number of pyridine rings is 1. The highest BCUT2D eigenvalue weighted by molar-refractivity contribution is 5.84. The summed E-state index contributed by atoms with van der Waals surface area (Å²) in [6, 6.07) is 10.5. The molecule has 3 rings (SSSR count). The van der Waals surface area contributed by atoms with Gasteiger partial charge in [0.05, 0.1) is 0 Å². The number of ether oxygens (including phenoxy) is 1. The first-order valence-electron chi connectivity index (χ1n) is 8.39. The van der Waals surface area contributed by atoms with Gasteiger partial charge in [0.25, 0.3) is 5.91 Å². The van der Waals surface area contributed by atoms with Crippen LogP contribution in [-0.4, -0.2) is 17.0 Å². The molecule has 1 aromatic carbocycles. The van der Waals surface area contributed by atoms with Crippen LogP contribution in [0.2, 0.25) is 0 Å². The van der Waals surface area contributed by atoms with Crippen LogP contribution in [0.5, 0.6) is 5.88 Å². The topological polar surface area (TPSA) is 51.2 Å². The van der Waals surface area contributed by atoms with Crippen LogP contribution in [-0.2, 0) is 17.3 Å². The van der Waals surface area contributed by atoms with Gasteiger partial charge in [-0.15, -0.1) is 0 Å². The Bertz CT molecular complexity index is 716. The molecule has 0 bridgehead atoms. The Kier molecular flexibility index (Phi) is 5.26. The van der Waals surface area contributed by atoms with Gasteiger partial charge in [-0.05, 0) is 31.7 Å². The number of carbonyl (C=O) groups excluding carboxylic acids is 1. The lowest BCUT2D eigenvalue weighted by molar-refractivity contribution is -0.147. The number of amides is 1. The second-order valence-electron chi connectivity index (χ2n) is 6.12. The highest BCUT2D eigenvalue weighted by Crippen LogP contribution is 2.29. The van der Waals surface area contributed by atoms with E-state index in [4.69, 9.17) is 4.74 Å². The fourth-order valence-corrected chi connectivity index (χ4v) is 2.89. The lowest BCUT2D eigenvalue weighted by Gasteiger charge is -2.18. The highest BCUT2D eigenvalue weighted by Gasteiger charge is 2.40. The number of aromatic nitrogens is 1. The van der Waals surface area contributed by atoms with Gasteiger partial charge in [0.1, 0.15) is 6.10 Å². The van der Waals surface area contributed by atoms with Crippen LogP contribution in [0, 0.1) is 0 Å². The van der Waals surface area contributed by atoms with Crippen LogP contribution >= 0.6 is 0 Å². The smallest absolute Gasteiger partial charge is 0.349 e. The summed E-state index contributed by atoms with van der Waals surface area (Å²) in [4.78, 5) is 16.2. The molecule has 1 N–H and O–H groups in total. The van der Waals surface area contributed by atoms with Crippen LogP contribution in [0.25, 0.3) is 0 Å². The quantitative estimate of drug-likeness (QED) is 0.865. The van der Waals surface area contributed by atoms with E-state index in [0.717, 1.165) is 25.7 Å². The molecule has 1 aromatic heterocycles. The van der Waals surface area contributed by atoms with Gasteiger partial charge in [-0.25, -0.2) is 4.98 Å².